The smallest absolute Gasteiger partial charge is 0.227 e. The van der Waals surface area contributed by atoms with Gasteiger partial charge in [0.25, 0.3) is 0 Å². The van der Waals surface area contributed by atoms with Crippen LogP contribution in [-0.4, -0.2) is 4.98 Å². The van der Waals surface area contributed by atoms with E-state index >= 15 is 0 Å². The van der Waals surface area contributed by atoms with Crippen molar-refractivity contribution in [3.63, 3.8) is 0 Å². The molecule has 0 amide bonds. The maximum Gasteiger partial charge on any atom is 0.227 e. The van der Waals surface area contributed by atoms with Crippen molar-refractivity contribution in [1.29, 1.82) is 0 Å². The minimum atomic E-state index is 0.685. The zero-order valence-corrected chi connectivity index (χ0v) is 12.1. The highest BCUT2D eigenvalue weighted by Gasteiger charge is 2.11. The summed E-state index contributed by atoms with van der Waals surface area (Å²) in [7, 11) is 0. The van der Waals surface area contributed by atoms with Gasteiger partial charge in [0.2, 0.25) is 5.89 Å². The molecule has 0 atom stereocenters. The molecule has 0 bridgehead atoms. The summed E-state index contributed by atoms with van der Waals surface area (Å²) in [5.41, 5.74) is 5.32. The summed E-state index contributed by atoms with van der Waals surface area (Å²) in [5.74, 6) is 0.685. The van der Waals surface area contributed by atoms with Gasteiger partial charge in [-0.25, -0.2) is 4.98 Å². The Hall–Kier alpha value is -2.61. The minimum Gasteiger partial charge on any atom is -0.436 e. The highest BCUT2D eigenvalue weighted by molar-refractivity contribution is 6.03. The van der Waals surface area contributed by atoms with Gasteiger partial charge in [-0.15, -0.1) is 0 Å². The maximum absolute atomic E-state index is 5.95. The number of benzene rings is 3. The zero-order chi connectivity index (χ0) is 14.4. The predicted octanol–water partition coefficient (Wildman–Crippen LogP) is 5.26. The lowest BCUT2D eigenvalue weighted by molar-refractivity contribution is 0.620. The molecule has 2 nitrogen and oxygen atoms in total. The molecule has 0 N–H and O–H groups in total. The Kier molecular flexibility index (Phi) is 2.58. The fourth-order valence-corrected chi connectivity index (χ4v) is 2.66. The molecular weight excluding hydrogens is 258 g/mol. The van der Waals surface area contributed by atoms with Crippen LogP contribution in [-0.2, 0) is 0 Å². The van der Waals surface area contributed by atoms with Gasteiger partial charge in [-0.3, -0.25) is 0 Å². The van der Waals surface area contributed by atoms with Crippen molar-refractivity contribution in [2.75, 3.05) is 0 Å². The highest BCUT2D eigenvalue weighted by Crippen LogP contribution is 2.30. The van der Waals surface area contributed by atoms with Crippen LogP contribution in [0.15, 0.2) is 59.0 Å². The average molecular weight is 273 g/mol. The van der Waals surface area contributed by atoms with E-state index in [1.807, 2.05) is 18.2 Å². The molecule has 0 aliphatic heterocycles. The third-order valence-electron chi connectivity index (χ3n) is 4.04. The average Bonchev–Trinajstić information content (AvgIpc) is 2.94. The topological polar surface area (TPSA) is 26.0 Å². The van der Waals surface area contributed by atoms with E-state index in [0.29, 0.717) is 5.89 Å². The van der Waals surface area contributed by atoms with Crippen molar-refractivity contribution < 1.29 is 4.42 Å². The minimum absolute atomic E-state index is 0.685. The number of hydrogen-bond acceptors (Lipinski definition) is 2. The molecule has 0 saturated carbocycles. The predicted molar refractivity (Wildman–Crippen MR) is 86.4 cm³/mol. The first kappa shape index (κ1) is 12.2. The summed E-state index contributed by atoms with van der Waals surface area (Å²) < 4.78 is 5.95. The Balaban J connectivity index is 1.98. The molecule has 0 aliphatic rings. The first-order valence-electron chi connectivity index (χ1n) is 7.08. The van der Waals surface area contributed by atoms with E-state index in [0.717, 1.165) is 22.0 Å². The van der Waals surface area contributed by atoms with E-state index in [-0.39, 0.29) is 0 Å². The second kappa shape index (κ2) is 4.45. The molecule has 1 aromatic heterocycles. The summed E-state index contributed by atoms with van der Waals surface area (Å²) in [5, 5.41) is 2.32. The van der Waals surface area contributed by atoms with Crippen molar-refractivity contribution in [1.82, 2.24) is 4.98 Å². The SMILES string of the molecule is Cc1ccc(-c2nc3c(ccc4ccccc43)o2)cc1C. The van der Waals surface area contributed by atoms with E-state index in [4.69, 9.17) is 9.40 Å². The highest BCUT2D eigenvalue weighted by atomic mass is 16.3. The molecule has 21 heavy (non-hydrogen) atoms. The molecule has 0 aliphatic carbocycles. The summed E-state index contributed by atoms with van der Waals surface area (Å²) >= 11 is 0. The Labute approximate surface area is 123 Å². The lowest BCUT2D eigenvalue weighted by atomic mass is 10.1. The van der Waals surface area contributed by atoms with Gasteiger partial charge in [0.15, 0.2) is 5.58 Å². The number of aryl methyl sites for hydroxylation is 2. The number of hydrogen-bond donors (Lipinski definition) is 0. The van der Waals surface area contributed by atoms with Crippen LogP contribution < -0.4 is 0 Å². The molecule has 3 aromatic carbocycles. The van der Waals surface area contributed by atoms with Crippen LogP contribution in [0, 0.1) is 13.8 Å². The largest absolute Gasteiger partial charge is 0.436 e. The number of nitrogens with zero attached hydrogens (tertiary/aromatic N) is 1. The van der Waals surface area contributed by atoms with Crippen molar-refractivity contribution in [3.05, 3.63) is 65.7 Å². The summed E-state index contributed by atoms with van der Waals surface area (Å²) in [6.45, 7) is 4.22. The number of fused-ring (bicyclic) bond motifs is 3. The van der Waals surface area contributed by atoms with E-state index in [9.17, 15) is 0 Å². The molecule has 2 heteroatoms. The number of aromatic nitrogens is 1. The second-order valence-electron chi connectivity index (χ2n) is 5.45. The lowest BCUT2D eigenvalue weighted by Gasteiger charge is -2.01. The molecule has 102 valence electrons. The number of oxazole rings is 1. The maximum atomic E-state index is 5.95. The standard InChI is InChI=1S/C19H15NO/c1-12-7-8-15(11-13(12)2)19-20-18-16-6-4-3-5-14(16)9-10-17(18)21-19/h3-11H,1-2H3. The van der Waals surface area contributed by atoms with Crippen molar-refractivity contribution in [2.24, 2.45) is 0 Å². The Morgan fingerprint density at radius 1 is 0.857 bits per heavy atom. The summed E-state index contributed by atoms with van der Waals surface area (Å²) in [6, 6.07) is 18.6. The monoisotopic (exact) mass is 273 g/mol. The molecular formula is C19H15NO. The van der Waals surface area contributed by atoms with E-state index in [1.165, 1.54) is 16.5 Å². The zero-order valence-electron chi connectivity index (χ0n) is 12.1. The summed E-state index contributed by atoms with van der Waals surface area (Å²) in [4.78, 5) is 4.72. The Morgan fingerprint density at radius 3 is 2.57 bits per heavy atom. The van der Waals surface area contributed by atoms with Gasteiger partial charge in [0.05, 0.1) is 0 Å². The molecule has 0 saturated heterocycles. The van der Waals surface area contributed by atoms with Gasteiger partial charge in [-0.1, -0.05) is 36.4 Å². The van der Waals surface area contributed by atoms with E-state index in [2.05, 4.69) is 50.2 Å². The lowest BCUT2D eigenvalue weighted by Crippen LogP contribution is -1.83. The van der Waals surface area contributed by atoms with Crippen LogP contribution in [0.3, 0.4) is 0 Å². The first-order chi connectivity index (χ1) is 10.2. The molecule has 0 radical (unpaired) electrons. The quantitative estimate of drug-likeness (QED) is 0.472. The van der Waals surface area contributed by atoms with Crippen molar-refractivity contribution in [3.8, 4) is 11.5 Å². The fourth-order valence-electron chi connectivity index (χ4n) is 2.66. The molecule has 4 aromatic rings. The Morgan fingerprint density at radius 2 is 1.71 bits per heavy atom. The van der Waals surface area contributed by atoms with Gasteiger partial charge < -0.3 is 4.42 Å². The van der Waals surface area contributed by atoms with E-state index < -0.39 is 0 Å². The van der Waals surface area contributed by atoms with Crippen LogP contribution in [0.4, 0.5) is 0 Å². The molecule has 1 heterocycles. The van der Waals surface area contributed by atoms with Crippen LogP contribution in [0.2, 0.25) is 0 Å². The van der Waals surface area contributed by atoms with E-state index in [1.54, 1.807) is 0 Å². The third-order valence-corrected chi connectivity index (χ3v) is 4.04. The van der Waals surface area contributed by atoms with Crippen LogP contribution >= 0.6 is 0 Å². The Bertz CT molecular complexity index is 966. The van der Waals surface area contributed by atoms with Crippen molar-refractivity contribution in [2.45, 2.75) is 13.8 Å². The molecule has 0 fully saturated rings. The first-order valence-corrected chi connectivity index (χ1v) is 7.08. The van der Waals surface area contributed by atoms with Gasteiger partial charge >= 0.3 is 0 Å². The molecule has 4 rings (SSSR count). The molecule has 0 unspecified atom stereocenters. The van der Waals surface area contributed by atoms with Gasteiger partial charge in [-0.2, -0.15) is 0 Å². The van der Waals surface area contributed by atoms with Gasteiger partial charge in [-0.05, 0) is 48.6 Å². The van der Waals surface area contributed by atoms with Crippen LogP contribution in [0.25, 0.3) is 33.3 Å². The van der Waals surface area contributed by atoms with Crippen LogP contribution in [0.5, 0.6) is 0 Å². The summed E-state index contributed by atoms with van der Waals surface area (Å²) in [6.07, 6.45) is 0. The molecule has 0 spiro atoms. The van der Waals surface area contributed by atoms with Gasteiger partial charge in [0, 0.05) is 10.9 Å². The third kappa shape index (κ3) is 1.91. The van der Waals surface area contributed by atoms with Crippen LogP contribution in [0.1, 0.15) is 11.1 Å². The fraction of sp³-hybridized carbons (Fsp3) is 0.105. The normalized spacial score (nSPS) is 11.3. The van der Waals surface area contributed by atoms with Crippen molar-refractivity contribution >= 4 is 21.9 Å². The second-order valence-corrected chi connectivity index (χ2v) is 5.45. The van der Waals surface area contributed by atoms with Gasteiger partial charge in [0.1, 0.15) is 5.52 Å². The number of rotatable bonds is 1.